The molecule has 1 aliphatic rings. The van der Waals surface area contributed by atoms with Crippen molar-refractivity contribution < 1.29 is 27.5 Å². The van der Waals surface area contributed by atoms with Crippen molar-refractivity contribution in [3.05, 3.63) is 24.3 Å². The maximum atomic E-state index is 13.0. The summed E-state index contributed by atoms with van der Waals surface area (Å²) < 4.78 is 50.3. The second kappa shape index (κ2) is 5.79. The average Bonchev–Trinajstić information content (AvgIpc) is 2.47. The third-order valence-electron chi connectivity index (χ3n) is 3.34. The third kappa shape index (κ3) is 3.20. The number of amides is 1. The zero-order valence-corrected chi connectivity index (χ0v) is 11.0. The maximum Gasteiger partial charge on any atom is 0.383 e. The number of carbonyl (C=O) groups excluding carboxylic acids is 1. The molecule has 0 radical (unpaired) electrons. The van der Waals surface area contributed by atoms with Crippen molar-refractivity contribution >= 4 is 11.6 Å². The molecule has 1 aromatic rings. The van der Waals surface area contributed by atoms with Crippen LogP contribution in [0.4, 0.5) is 23.2 Å². The van der Waals surface area contributed by atoms with Crippen molar-refractivity contribution in [1.82, 2.24) is 4.90 Å². The van der Waals surface area contributed by atoms with Crippen molar-refractivity contribution in [3.8, 4) is 5.75 Å². The Labute approximate surface area is 118 Å². The topological polar surface area (TPSA) is 43.8 Å². The second-order valence-electron chi connectivity index (χ2n) is 4.72. The highest BCUT2D eigenvalue weighted by Gasteiger charge is 2.51. The van der Waals surface area contributed by atoms with Gasteiger partial charge in [0.05, 0.1) is 0 Å². The van der Waals surface area contributed by atoms with Crippen LogP contribution >= 0.6 is 0 Å². The number of phenolic OH excluding ortho intramolecular Hbond substituents is 1. The molecule has 0 aliphatic carbocycles. The third-order valence-corrected chi connectivity index (χ3v) is 3.34. The van der Waals surface area contributed by atoms with E-state index in [0.717, 1.165) is 10.6 Å². The molecule has 1 aromatic carbocycles. The Morgan fingerprint density at radius 2 is 1.62 bits per heavy atom. The van der Waals surface area contributed by atoms with Crippen LogP contribution in [0.1, 0.15) is 0 Å². The van der Waals surface area contributed by atoms with Crippen molar-refractivity contribution in [1.29, 1.82) is 0 Å². The van der Waals surface area contributed by atoms with E-state index in [-0.39, 0.29) is 31.9 Å². The molecule has 116 valence electrons. The van der Waals surface area contributed by atoms with E-state index >= 15 is 0 Å². The minimum absolute atomic E-state index is 0.0536. The summed E-state index contributed by atoms with van der Waals surface area (Å²) in [5.41, 5.74) is 0.764. The van der Waals surface area contributed by atoms with E-state index in [4.69, 9.17) is 0 Å². The lowest BCUT2D eigenvalue weighted by atomic mass is 10.2. The summed E-state index contributed by atoms with van der Waals surface area (Å²) in [6.45, 7) is 0.412. The lowest BCUT2D eigenvalue weighted by Gasteiger charge is -2.37. The monoisotopic (exact) mass is 306 g/mol. The summed E-state index contributed by atoms with van der Waals surface area (Å²) >= 11 is 0. The largest absolute Gasteiger partial charge is 0.508 e. The molecular weight excluding hydrogens is 292 g/mol. The van der Waals surface area contributed by atoms with Crippen LogP contribution in [0.25, 0.3) is 0 Å². The summed E-state index contributed by atoms with van der Waals surface area (Å²) in [6, 6.07) is 6.27. The molecule has 1 saturated heterocycles. The number of nitrogens with zero attached hydrogens (tertiary/aromatic N) is 2. The zero-order valence-electron chi connectivity index (χ0n) is 11.0. The number of hydrogen-bond donors (Lipinski definition) is 1. The molecule has 8 heteroatoms. The highest BCUT2D eigenvalue weighted by Crippen LogP contribution is 2.27. The highest BCUT2D eigenvalue weighted by molar-refractivity contribution is 5.84. The summed E-state index contributed by atoms with van der Waals surface area (Å²) in [5, 5.41) is 9.19. The van der Waals surface area contributed by atoms with Gasteiger partial charge in [-0.3, -0.25) is 4.79 Å². The number of piperazine rings is 1. The van der Waals surface area contributed by atoms with E-state index < -0.39 is 18.3 Å². The fourth-order valence-corrected chi connectivity index (χ4v) is 2.14. The van der Waals surface area contributed by atoms with Gasteiger partial charge in [0.15, 0.2) is 0 Å². The van der Waals surface area contributed by atoms with Crippen LogP contribution in [-0.2, 0) is 4.79 Å². The quantitative estimate of drug-likeness (QED) is 0.868. The summed E-state index contributed by atoms with van der Waals surface area (Å²) in [6.07, 6.45) is -4.00. The standard InChI is InChI=1S/C13H14F4N2O2/c14-11(15)13(16,17)12(21)19-7-5-18(6-8-19)9-1-3-10(20)4-2-9/h1-4,11,20H,5-8H2. The number of halogens is 4. The maximum absolute atomic E-state index is 13.0. The van der Waals surface area contributed by atoms with Crippen molar-refractivity contribution in [2.24, 2.45) is 0 Å². The lowest BCUT2D eigenvalue weighted by molar-refractivity contribution is -0.180. The molecule has 1 aliphatic heterocycles. The van der Waals surface area contributed by atoms with Crippen molar-refractivity contribution in [3.63, 3.8) is 0 Å². The lowest BCUT2D eigenvalue weighted by Crippen LogP contribution is -2.55. The fourth-order valence-electron chi connectivity index (χ4n) is 2.14. The minimum atomic E-state index is -4.64. The van der Waals surface area contributed by atoms with Gasteiger partial charge in [-0.1, -0.05) is 0 Å². The molecule has 4 nitrogen and oxygen atoms in total. The Kier molecular flexibility index (Phi) is 4.24. The SMILES string of the molecule is O=C(N1CCN(c2ccc(O)cc2)CC1)C(F)(F)C(F)F. The number of alkyl halides is 4. The van der Waals surface area contributed by atoms with Gasteiger partial charge in [-0.2, -0.15) is 8.78 Å². The van der Waals surface area contributed by atoms with Crippen LogP contribution in [0.5, 0.6) is 5.75 Å². The van der Waals surface area contributed by atoms with E-state index in [1.165, 1.54) is 12.1 Å². The van der Waals surface area contributed by atoms with Crippen molar-refractivity contribution in [2.75, 3.05) is 31.1 Å². The molecule has 21 heavy (non-hydrogen) atoms. The second-order valence-corrected chi connectivity index (χ2v) is 4.72. The summed E-state index contributed by atoms with van der Waals surface area (Å²) in [5.74, 6) is -6.37. The number of carbonyl (C=O) groups is 1. The van der Waals surface area contributed by atoms with Gasteiger partial charge in [-0.05, 0) is 24.3 Å². The van der Waals surface area contributed by atoms with Crippen LogP contribution in [0.2, 0.25) is 0 Å². The molecule has 0 spiro atoms. The predicted octanol–water partition coefficient (Wildman–Crippen LogP) is 1.94. The number of aromatic hydroxyl groups is 1. The number of anilines is 1. The fraction of sp³-hybridized carbons (Fsp3) is 0.462. The Morgan fingerprint density at radius 3 is 2.10 bits per heavy atom. The first-order valence-electron chi connectivity index (χ1n) is 6.31. The molecule has 0 unspecified atom stereocenters. The number of hydrogen-bond acceptors (Lipinski definition) is 3. The van der Waals surface area contributed by atoms with Gasteiger partial charge in [-0.15, -0.1) is 0 Å². The molecule has 1 fully saturated rings. The zero-order chi connectivity index (χ0) is 15.6. The van der Waals surface area contributed by atoms with Gasteiger partial charge in [0.25, 0.3) is 5.91 Å². The Bertz CT molecular complexity index is 499. The molecular formula is C13H14F4N2O2. The van der Waals surface area contributed by atoms with Crippen LogP contribution in [0.3, 0.4) is 0 Å². The Balaban J connectivity index is 1.97. The molecule has 2 rings (SSSR count). The molecule has 0 aromatic heterocycles. The Hall–Kier alpha value is -1.99. The molecule has 0 atom stereocenters. The van der Waals surface area contributed by atoms with E-state index in [0.29, 0.717) is 0 Å². The first-order chi connectivity index (χ1) is 9.82. The van der Waals surface area contributed by atoms with Crippen LogP contribution in [-0.4, -0.2) is 54.4 Å². The number of phenols is 1. The van der Waals surface area contributed by atoms with E-state index in [1.54, 1.807) is 12.1 Å². The summed E-state index contributed by atoms with van der Waals surface area (Å²) in [4.78, 5) is 14.0. The van der Waals surface area contributed by atoms with Crippen molar-refractivity contribution in [2.45, 2.75) is 12.3 Å². The van der Waals surface area contributed by atoms with Gasteiger partial charge in [0.1, 0.15) is 5.75 Å². The molecule has 1 amide bonds. The van der Waals surface area contributed by atoms with Gasteiger partial charge < -0.3 is 14.9 Å². The van der Waals surface area contributed by atoms with Crippen LogP contribution in [0.15, 0.2) is 24.3 Å². The number of benzene rings is 1. The summed E-state index contributed by atoms with van der Waals surface area (Å²) in [7, 11) is 0. The normalized spacial score (nSPS) is 16.4. The van der Waals surface area contributed by atoms with Gasteiger partial charge in [0.2, 0.25) is 0 Å². The van der Waals surface area contributed by atoms with Crippen LogP contribution < -0.4 is 4.90 Å². The first kappa shape index (κ1) is 15.4. The molecule has 1 N–H and O–H groups in total. The van der Waals surface area contributed by atoms with Gasteiger partial charge in [0, 0.05) is 31.9 Å². The molecule has 0 saturated carbocycles. The van der Waals surface area contributed by atoms with Gasteiger partial charge in [-0.25, -0.2) is 8.78 Å². The minimum Gasteiger partial charge on any atom is -0.508 e. The van der Waals surface area contributed by atoms with E-state index in [9.17, 15) is 27.5 Å². The van der Waals surface area contributed by atoms with Gasteiger partial charge >= 0.3 is 12.3 Å². The van der Waals surface area contributed by atoms with Crippen LogP contribution in [0, 0.1) is 0 Å². The average molecular weight is 306 g/mol. The number of rotatable bonds is 3. The Morgan fingerprint density at radius 1 is 1.10 bits per heavy atom. The highest BCUT2D eigenvalue weighted by atomic mass is 19.3. The molecule has 1 heterocycles. The molecule has 0 bridgehead atoms. The van der Waals surface area contributed by atoms with E-state index in [2.05, 4.69) is 0 Å². The predicted molar refractivity (Wildman–Crippen MR) is 67.9 cm³/mol. The smallest absolute Gasteiger partial charge is 0.383 e. The van der Waals surface area contributed by atoms with E-state index in [1.807, 2.05) is 4.90 Å². The first-order valence-corrected chi connectivity index (χ1v) is 6.31.